The number of para-hydroxylation sites is 1. The molecule has 0 aliphatic rings. The second-order valence-electron chi connectivity index (χ2n) is 5.77. The van der Waals surface area contributed by atoms with Crippen LogP contribution in [0.4, 0.5) is 0 Å². The number of nitriles is 1. The summed E-state index contributed by atoms with van der Waals surface area (Å²) in [4.78, 5) is 19.3. The average Bonchev–Trinajstić information content (AvgIpc) is 2.72. The second-order valence-corrected chi connectivity index (χ2v) is 7.41. The van der Waals surface area contributed by atoms with E-state index in [1.807, 2.05) is 6.07 Å². The minimum atomic E-state index is -0.517. The Balaban J connectivity index is 2.11. The van der Waals surface area contributed by atoms with Crippen LogP contribution in [0.15, 0.2) is 46.3 Å². The summed E-state index contributed by atoms with van der Waals surface area (Å²) in [5, 5.41) is 10.9. The molecule has 1 heterocycles. The maximum atomic E-state index is 12.3. The van der Waals surface area contributed by atoms with Crippen molar-refractivity contribution in [3.8, 4) is 28.8 Å². The van der Waals surface area contributed by atoms with Crippen molar-refractivity contribution in [3.05, 3.63) is 67.9 Å². The quantitative estimate of drug-likeness (QED) is 0.425. The molecule has 1 N–H and O–H groups in total. The van der Waals surface area contributed by atoms with Crippen LogP contribution in [0.2, 0.25) is 10.0 Å². The third-order valence-electron chi connectivity index (χ3n) is 4.04. The summed E-state index contributed by atoms with van der Waals surface area (Å²) in [5.41, 5.74) is 0.781. The highest BCUT2D eigenvalue weighted by Gasteiger charge is 2.20. The highest BCUT2D eigenvalue weighted by Crippen LogP contribution is 2.39. The van der Waals surface area contributed by atoms with Crippen molar-refractivity contribution in [3.63, 3.8) is 0 Å². The molecule has 0 saturated carbocycles. The molecule has 0 bridgehead atoms. The lowest BCUT2D eigenvalue weighted by molar-refractivity contribution is 0.286. The third kappa shape index (κ3) is 4.51. The van der Waals surface area contributed by atoms with Gasteiger partial charge in [0.05, 0.1) is 7.11 Å². The van der Waals surface area contributed by atoms with E-state index in [1.54, 1.807) is 42.7 Å². The molecular formula is C20H15Cl2N3O3S. The number of benzene rings is 2. The molecule has 2 aromatic carbocycles. The Kier molecular flexibility index (Phi) is 6.70. The largest absolute Gasteiger partial charge is 0.493 e. The van der Waals surface area contributed by atoms with Gasteiger partial charge in [-0.15, -0.1) is 0 Å². The van der Waals surface area contributed by atoms with Crippen molar-refractivity contribution in [2.45, 2.75) is 11.8 Å². The molecule has 0 radical (unpaired) electrons. The van der Waals surface area contributed by atoms with Crippen molar-refractivity contribution >= 4 is 35.0 Å². The zero-order chi connectivity index (χ0) is 21.0. The highest BCUT2D eigenvalue weighted by atomic mass is 35.5. The molecule has 3 rings (SSSR count). The first-order chi connectivity index (χ1) is 14.0. The first-order valence-electron chi connectivity index (χ1n) is 8.31. The van der Waals surface area contributed by atoms with Crippen LogP contribution in [0, 0.1) is 11.3 Å². The number of halogens is 2. The third-order valence-corrected chi connectivity index (χ3v) is 5.21. The zero-order valence-corrected chi connectivity index (χ0v) is 17.8. The second kappa shape index (κ2) is 9.23. The van der Waals surface area contributed by atoms with Crippen molar-refractivity contribution in [2.24, 2.45) is 0 Å². The molecule has 0 atom stereocenters. The zero-order valence-electron chi connectivity index (χ0n) is 15.5. The summed E-state index contributed by atoms with van der Waals surface area (Å²) < 4.78 is 11.4. The van der Waals surface area contributed by atoms with E-state index in [0.717, 1.165) is 5.56 Å². The van der Waals surface area contributed by atoms with Gasteiger partial charge >= 0.3 is 0 Å². The molecule has 0 amide bonds. The Morgan fingerprint density at radius 1 is 1.28 bits per heavy atom. The number of hydrogen-bond acceptors (Lipinski definition) is 6. The van der Waals surface area contributed by atoms with Crippen LogP contribution in [0.1, 0.15) is 11.1 Å². The Morgan fingerprint density at radius 2 is 2.07 bits per heavy atom. The Morgan fingerprint density at radius 3 is 2.72 bits per heavy atom. The fourth-order valence-corrected chi connectivity index (χ4v) is 3.49. The van der Waals surface area contributed by atoms with E-state index in [9.17, 15) is 10.1 Å². The number of thioether (sulfide) groups is 1. The predicted octanol–water partition coefficient (Wildman–Crippen LogP) is 4.92. The fraction of sp³-hybridized carbons (Fsp3) is 0.150. The van der Waals surface area contributed by atoms with Crippen LogP contribution in [-0.2, 0) is 6.61 Å². The standard InChI is InChI=1S/C20H15Cl2N3O3S/c1-27-16-5-3-4-13(17-14(9-23)19(26)25-20(24-17)29-2)18(16)28-10-11-6-7-12(21)8-15(11)22/h3-8H,10H2,1-2H3,(H,24,25,26). The van der Waals surface area contributed by atoms with E-state index in [-0.39, 0.29) is 17.9 Å². The van der Waals surface area contributed by atoms with Gasteiger partial charge in [-0.05, 0) is 30.5 Å². The normalized spacial score (nSPS) is 10.4. The fourth-order valence-electron chi connectivity index (χ4n) is 2.65. The molecule has 3 aromatic rings. The van der Waals surface area contributed by atoms with Crippen LogP contribution >= 0.6 is 35.0 Å². The molecule has 0 aliphatic carbocycles. The number of methoxy groups -OCH3 is 1. The van der Waals surface area contributed by atoms with Gasteiger partial charge in [-0.3, -0.25) is 4.79 Å². The number of nitrogens with one attached hydrogen (secondary N) is 1. The number of rotatable bonds is 6. The lowest BCUT2D eigenvalue weighted by atomic mass is 10.1. The molecule has 0 saturated heterocycles. The van der Waals surface area contributed by atoms with Gasteiger partial charge < -0.3 is 14.5 Å². The molecule has 29 heavy (non-hydrogen) atoms. The van der Waals surface area contributed by atoms with Gasteiger partial charge in [-0.2, -0.15) is 5.26 Å². The SMILES string of the molecule is COc1cccc(-c2nc(SC)[nH]c(=O)c2C#N)c1OCc1ccc(Cl)cc1Cl. The summed E-state index contributed by atoms with van der Waals surface area (Å²) in [6.07, 6.45) is 1.78. The van der Waals surface area contributed by atoms with Crippen LogP contribution in [-0.4, -0.2) is 23.3 Å². The maximum Gasteiger partial charge on any atom is 0.270 e. The number of aromatic amines is 1. The van der Waals surface area contributed by atoms with E-state index >= 15 is 0 Å². The van der Waals surface area contributed by atoms with E-state index in [4.69, 9.17) is 32.7 Å². The predicted molar refractivity (Wildman–Crippen MR) is 114 cm³/mol. The molecule has 1 aromatic heterocycles. The van der Waals surface area contributed by atoms with Crippen LogP contribution in [0.5, 0.6) is 11.5 Å². The topological polar surface area (TPSA) is 88.0 Å². The van der Waals surface area contributed by atoms with Gasteiger partial charge in [-0.1, -0.05) is 47.1 Å². The van der Waals surface area contributed by atoms with Gasteiger partial charge in [0.2, 0.25) is 0 Å². The van der Waals surface area contributed by atoms with Gasteiger partial charge in [-0.25, -0.2) is 4.98 Å². The molecule has 148 valence electrons. The number of nitrogens with zero attached hydrogens (tertiary/aromatic N) is 2. The van der Waals surface area contributed by atoms with E-state index in [1.165, 1.54) is 18.9 Å². The molecule has 9 heteroatoms. The van der Waals surface area contributed by atoms with Crippen LogP contribution in [0.3, 0.4) is 0 Å². The Hall–Kier alpha value is -2.66. The van der Waals surface area contributed by atoms with Gasteiger partial charge in [0.25, 0.3) is 5.56 Å². The maximum absolute atomic E-state index is 12.3. The summed E-state index contributed by atoms with van der Waals surface area (Å²) in [5.74, 6) is 0.784. The minimum Gasteiger partial charge on any atom is -0.493 e. The summed E-state index contributed by atoms with van der Waals surface area (Å²) in [7, 11) is 1.50. The lowest BCUT2D eigenvalue weighted by Gasteiger charge is -2.16. The Labute approximate surface area is 181 Å². The minimum absolute atomic E-state index is 0.106. The molecule has 6 nitrogen and oxygen atoms in total. The van der Waals surface area contributed by atoms with Crippen molar-refractivity contribution in [1.82, 2.24) is 9.97 Å². The van der Waals surface area contributed by atoms with Crippen molar-refractivity contribution < 1.29 is 9.47 Å². The van der Waals surface area contributed by atoms with Crippen LogP contribution < -0.4 is 15.0 Å². The average molecular weight is 448 g/mol. The Bertz CT molecular complexity index is 1160. The van der Waals surface area contributed by atoms with Gasteiger partial charge in [0.1, 0.15) is 23.9 Å². The van der Waals surface area contributed by atoms with Gasteiger partial charge in [0, 0.05) is 21.2 Å². The van der Waals surface area contributed by atoms with E-state index in [2.05, 4.69) is 9.97 Å². The molecule has 0 aliphatic heterocycles. The number of ether oxygens (including phenoxy) is 2. The monoisotopic (exact) mass is 447 g/mol. The summed E-state index contributed by atoms with van der Waals surface area (Å²) in [6, 6.07) is 12.2. The van der Waals surface area contributed by atoms with Crippen molar-refractivity contribution in [1.29, 1.82) is 5.26 Å². The molecular weight excluding hydrogens is 433 g/mol. The van der Waals surface area contributed by atoms with Gasteiger partial charge in [0.15, 0.2) is 16.7 Å². The highest BCUT2D eigenvalue weighted by molar-refractivity contribution is 7.98. The number of hydrogen-bond donors (Lipinski definition) is 1. The summed E-state index contributed by atoms with van der Waals surface area (Å²) in [6.45, 7) is 0.129. The van der Waals surface area contributed by atoms with E-state index < -0.39 is 5.56 Å². The molecule has 0 fully saturated rings. The van der Waals surface area contributed by atoms with Crippen molar-refractivity contribution in [2.75, 3.05) is 13.4 Å². The van der Waals surface area contributed by atoms with E-state index in [0.29, 0.717) is 32.3 Å². The van der Waals surface area contributed by atoms with Crippen LogP contribution in [0.25, 0.3) is 11.3 Å². The number of aromatic nitrogens is 2. The number of H-pyrrole nitrogens is 1. The smallest absolute Gasteiger partial charge is 0.270 e. The first-order valence-corrected chi connectivity index (χ1v) is 10.3. The lowest BCUT2D eigenvalue weighted by Crippen LogP contribution is -2.15. The summed E-state index contributed by atoms with van der Waals surface area (Å²) >= 11 is 13.4. The first kappa shape index (κ1) is 21.1. The molecule has 0 unspecified atom stereocenters. The molecule has 0 spiro atoms.